The summed E-state index contributed by atoms with van der Waals surface area (Å²) in [4.78, 5) is 4.77. The number of benzene rings is 2. The summed E-state index contributed by atoms with van der Waals surface area (Å²) in [7, 11) is 0. The zero-order valence-electron chi connectivity index (χ0n) is 12.0. The van der Waals surface area contributed by atoms with E-state index in [0.29, 0.717) is 5.92 Å². The van der Waals surface area contributed by atoms with E-state index >= 15 is 0 Å². The fraction of sp³-hybridized carbons (Fsp3) is 0.211. The highest BCUT2D eigenvalue weighted by Crippen LogP contribution is 2.22. The van der Waals surface area contributed by atoms with Gasteiger partial charge in [0.1, 0.15) is 0 Å². The minimum absolute atomic E-state index is 0.684. The van der Waals surface area contributed by atoms with Crippen molar-refractivity contribution in [2.75, 3.05) is 0 Å². The normalized spacial score (nSPS) is 11.2. The van der Waals surface area contributed by atoms with Gasteiger partial charge in [-0.05, 0) is 36.1 Å². The second-order valence-electron chi connectivity index (χ2n) is 5.69. The SMILES string of the molecule is CC(C)Cc1ccc2nc(-c3ccccc3)ccc2c1. The Kier molecular flexibility index (Phi) is 3.51. The Hall–Kier alpha value is -2.15. The van der Waals surface area contributed by atoms with Crippen LogP contribution in [0.2, 0.25) is 0 Å². The zero-order valence-corrected chi connectivity index (χ0v) is 12.0. The van der Waals surface area contributed by atoms with Gasteiger partial charge in [0, 0.05) is 10.9 Å². The Morgan fingerprint density at radius 2 is 1.70 bits per heavy atom. The Labute approximate surface area is 120 Å². The van der Waals surface area contributed by atoms with Crippen LogP contribution in [-0.2, 0) is 6.42 Å². The fourth-order valence-electron chi connectivity index (χ4n) is 2.54. The molecule has 100 valence electrons. The molecule has 1 heterocycles. The molecule has 0 bridgehead atoms. The van der Waals surface area contributed by atoms with Crippen molar-refractivity contribution in [2.45, 2.75) is 20.3 Å². The van der Waals surface area contributed by atoms with E-state index in [9.17, 15) is 0 Å². The van der Waals surface area contributed by atoms with Gasteiger partial charge in [0.05, 0.1) is 11.2 Å². The maximum absolute atomic E-state index is 4.77. The predicted octanol–water partition coefficient (Wildman–Crippen LogP) is 5.10. The molecule has 1 heteroatoms. The first-order valence-corrected chi connectivity index (χ1v) is 7.17. The van der Waals surface area contributed by atoms with Crippen LogP contribution in [-0.4, -0.2) is 4.98 Å². The summed E-state index contributed by atoms with van der Waals surface area (Å²) >= 11 is 0. The van der Waals surface area contributed by atoms with Crippen molar-refractivity contribution in [1.29, 1.82) is 0 Å². The average Bonchev–Trinajstić information content (AvgIpc) is 2.47. The van der Waals surface area contributed by atoms with E-state index in [1.807, 2.05) is 18.2 Å². The van der Waals surface area contributed by atoms with E-state index in [-0.39, 0.29) is 0 Å². The molecule has 0 saturated heterocycles. The summed E-state index contributed by atoms with van der Waals surface area (Å²) in [6, 6.07) is 21.2. The number of pyridine rings is 1. The molecule has 0 amide bonds. The summed E-state index contributed by atoms with van der Waals surface area (Å²) in [5.41, 5.74) is 4.66. The van der Waals surface area contributed by atoms with Crippen LogP contribution in [0, 0.1) is 5.92 Å². The third kappa shape index (κ3) is 2.72. The first kappa shape index (κ1) is 12.9. The van der Waals surface area contributed by atoms with Gasteiger partial charge in [-0.1, -0.05) is 56.3 Å². The number of fused-ring (bicyclic) bond motifs is 1. The lowest BCUT2D eigenvalue weighted by Gasteiger charge is -2.07. The Morgan fingerprint density at radius 1 is 0.900 bits per heavy atom. The number of aromatic nitrogens is 1. The van der Waals surface area contributed by atoms with Crippen LogP contribution in [0.4, 0.5) is 0 Å². The van der Waals surface area contributed by atoms with E-state index in [0.717, 1.165) is 17.6 Å². The number of rotatable bonds is 3. The molecule has 0 fully saturated rings. The van der Waals surface area contributed by atoms with Gasteiger partial charge in [-0.3, -0.25) is 0 Å². The van der Waals surface area contributed by atoms with Gasteiger partial charge >= 0.3 is 0 Å². The van der Waals surface area contributed by atoms with Gasteiger partial charge in [0.15, 0.2) is 0 Å². The largest absolute Gasteiger partial charge is 0.248 e. The molecule has 1 nitrogen and oxygen atoms in total. The molecule has 0 N–H and O–H groups in total. The first-order valence-electron chi connectivity index (χ1n) is 7.17. The Morgan fingerprint density at radius 3 is 2.45 bits per heavy atom. The van der Waals surface area contributed by atoms with Crippen LogP contribution in [0.3, 0.4) is 0 Å². The highest BCUT2D eigenvalue weighted by Gasteiger charge is 2.03. The summed E-state index contributed by atoms with van der Waals surface area (Å²) in [6.07, 6.45) is 1.12. The molecule has 0 aliphatic rings. The molecule has 0 radical (unpaired) electrons. The van der Waals surface area contributed by atoms with Crippen molar-refractivity contribution in [3.8, 4) is 11.3 Å². The highest BCUT2D eigenvalue weighted by molar-refractivity contribution is 5.82. The van der Waals surface area contributed by atoms with Crippen molar-refractivity contribution < 1.29 is 0 Å². The third-order valence-electron chi connectivity index (χ3n) is 3.47. The van der Waals surface area contributed by atoms with E-state index < -0.39 is 0 Å². The molecule has 0 aliphatic heterocycles. The molecule has 0 saturated carbocycles. The minimum atomic E-state index is 0.684. The van der Waals surface area contributed by atoms with Crippen molar-refractivity contribution in [2.24, 2.45) is 5.92 Å². The maximum Gasteiger partial charge on any atom is 0.0709 e. The molecular formula is C19H19N. The molecule has 0 spiro atoms. The van der Waals surface area contributed by atoms with Crippen LogP contribution in [0.5, 0.6) is 0 Å². The highest BCUT2D eigenvalue weighted by atomic mass is 14.7. The first-order chi connectivity index (χ1) is 9.72. The number of hydrogen-bond acceptors (Lipinski definition) is 1. The van der Waals surface area contributed by atoms with E-state index in [4.69, 9.17) is 4.98 Å². The Balaban J connectivity index is 2.00. The van der Waals surface area contributed by atoms with Crippen molar-refractivity contribution in [3.05, 3.63) is 66.2 Å². The quantitative estimate of drug-likeness (QED) is 0.639. The van der Waals surface area contributed by atoms with E-state index in [1.54, 1.807) is 0 Å². The minimum Gasteiger partial charge on any atom is -0.248 e. The molecule has 2 aromatic carbocycles. The number of hydrogen-bond donors (Lipinski definition) is 0. The number of nitrogens with zero attached hydrogens (tertiary/aromatic N) is 1. The van der Waals surface area contributed by atoms with Crippen LogP contribution in [0.15, 0.2) is 60.7 Å². The summed E-state index contributed by atoms with van der Waals surface area (Å²) in [5.74, 6) is 0.684. The second-order valence-corrected chi connectivity index (χ2v) is 5.69. The van der Waals surface area contributed by atoms with Crippen LogP contribution < -0.4 is 0 Å². The van der Waals surface area contributed by atoms with Crippen LogP contribution >= 0.6 is 0 Å². The topological polar surface area (TPSA) is 12.9 Å². The van der Waals surface area contributed by atoms with E-state index in [2.05, 4.69) is 56.3 Å². The monoisotopic (exact) mass is 261 g/mol. The van der Waals surface area contributed by atoms with Crippen LogP contribution in [0.1, 0.15) is 19.4 Å². The van der Waals surface area contributed by atoms with Gasteiger partial charge < -0.3 is 0 Å². The molecule has 0 aliphatic carbocycles. The van der Waals surface area contributed by atoms with Crippen molar-refractivity contribution in [1.82, 2.24) is 4.98 Å². The Bertz CT molecular complexity index is 714. The van der Waals surface area contributed by atoms with Gasteiger partial charge in [0.25, 0.3) is 0 Å². The predicted molar refractivity (Wildman–Crippen MR) is 85.7 cm³/mol. The lowest BCUT2D eigenvalue weighted by atomic mass is 10.0. The molecule has 3 aromatic rings. The van der Waals surface area contributed by atoms with Gasteiger partial charge in [0.2, 0.25) is 0 Å². The molecule has 20 heavy (non-hydrogen) atoms. The summed E-state index contributed by atoms with van der Waals surface area (Å²) in [6.45, 7) is 4.50. The molecular weight excluding hydrogens is 242 g/mol. The average molecular weight is 261 g/mol. The summed E-state index contributed by atoms with van der Waals surface area (Å²) in [5, 5.41) is 1.22. The fourth-order valence-corrected chi connectivity index (χ4v) is 2.54. The second kappa shape index (κ2) is 5.46. The third-order valence-corrected chi connectivity index (χ3v) is 3.47. The van der Waals surface area contributed by atoms with Gasteiger partial charge in [-0.15, -0.1) is 0 Å². The van der Waals surface area contributed by atoms with Gasteiger partial charge in [-0.25, -0.2) is 4.98 Å². The lowest BCUT2D eigenvalue weighted by Crippen LogP contribution is -1.94. The molecule has 0 unspecified atom stereocenters. The molecule has 0 atom stereocenters. The maximum atomic E-state index is 4.77. The standard InChI is InChI=1S/C19H19N/c1-14(2)12-15-8-10-19-17(13-15)9-11-18(20-19)16-6-4-3-5-7-16/h3-11,13-14H,12H2,1-2H3. The van der Waals surface area contributed by atoms with Gasteiger partial charge in [-0.2, -0.15) is 0 Å². The van der Waals surface area contributed by atoms with Crippen LogP contribution in [0.25, 0.3) is 22.2 Å². The smallest absolute Gasteiger partial charge is 0.0709 e. The zero-order chi connectivity index (χ0) is 13.9. The summed E-state index contributed by atoms with van der Waals surface area (Å²) < 4.78 is 0. The van der Waals surface area contributed by atoms with Crippen molar-refractivity contribution >= 4 is 10.9 Å². The lowest BCUT2D eigenvalue weighted by molar-refractivity contribution is 0.648. The van der Waals surface area contributed by atoms with Crippen molar-refractivity contribution in [3.63, 3.8) is 0 Å². The molecule has 3 rings (SSSR count). The van der Waals surface area contributed by atoms with E-state index in [1.165, 1.54) is 16.5 Å². The molecule has 1 aromatic heterocycles.